The van der Waals surface area contributed by atoms with Gasteiger partial charge in [-0.1, -0.05) is 12.1 Å². The predicted octanol–water partition coefficient (Wildman–Crippen LogP) is 4.22. The molecule has 0 aliphatic carbocycles. The molecule has 146 valence electrons. The Morgan fingerprint density at radius 1 is 1.33 bits per heavy atom. The van der Waals surface area contributed by atoms with Crippen LogP contribution in [0, 0.1) is 12.7 Å². The van der Waals surface area contributed by atoms with Crippen LogP contribution in [-0.4, -0.2) is 41.8 Å². The van der Waals surface area contributed by atoms with Gasteiger partial charge in [0.25, 0.3) is 0 Å². The Morgan fingerprint density at radius 2 is 2.04 bits per heavy atom. The molecule has 0 bridgehead atoms. The van der Waals surface area contributed by atoms with E-state index in [1.165, 1.54) is 23.5 Å². The molecule has 0 radical (unpaired) electrons. The van der Waals surface area contributed by atoms with Crippen LogP contribution >= 0.6 is 23.1 Å². The first-order chi connectivity index (χ1) is 13.0. The minimum Gasteiger partial charge on any atom is -0.381 e. The van der Waals surface area contributed by atoms with E-state index in [-0.39, 0.29) is 16.6 Å². The number of hydrogen-bond donors (Lipinski definition) is 2. The number of urea groups is 1. The van der Waals surface area contributed by atoms with Crippen molar-refractivity contribution in [1.82, 2.24) is 10.3 Å². The average Bonchev–Trinajstić information content (AvgIpc) is 3.01. The molecule has 0 spiro atoms. The number of ether oxygens (including phenoxy) is 1. The highest BCUT2D eigenvalue weighted by molar-refractivity contribution is 8.00. The Hall–Kier alpha value is -1.64. The van der Waals surface area contributed by atoms with Crippen molar-refractivity contribution in [3.05, 3.63) is 46.2 Å². The third-order valence-corrected chi connectivity index (χ3v) is 7.29. The number of rotatable bonds is 6. The van der Waals surface area contributed by atoms with Gasteiger partial charge in [-0.2, -0.15) is 11.8 Å². The second-order valence-electron chi connectivity index (χ2n) is 6.64. The van der Waals surface area contributed by atoms with Crippen LogP contribution in [0.5, 0.6) is 0 Å². The van der Waals surface area contributed by atoms with Crippen LogP contribution in [0.1, 0.15) is 29.0 Å². The third-order valence-electron chi connectivity index (χ3n) is 4.80. The summed E-state index contributed by atoms with van der Waals surface area (Å²) in [5.41, 5.74) is 1.89. The van der Waals surface area contributed by atoms with Crippen molar-refractivity contribution in [3.8, 4) is 0 Å². The van der Waals surface area contributed by atoms with Gasteiger partial charge in [0.1, 0.15) is 5.82 Å². The van der Waals surface area contributed by atoms with Gasteiger partial charge < -0.3 is 10.1 Å². The molecule has 2 amide bonds. The number of aryl methyl sites for hydroxylation is 1. The number of carbonyl (C=O) groups excluding carboxylic acids is 1. The van der Waals surface area contributed by atoms with E-state index in [0.29, 0.717) is 18.1 Å². The fraction of sp³-hybridized carbons (Fsp3) is 0.474. The monoisotopic (exact) mass is 409 g/mol. The second-order valence-corrected chi connectivity index (χ2v) is 9.00. The van der Waals surface area contributed by atoms with Crippen LogP contribution in [0.25, 0.3) is 0 Å². The van der Waals surface area contributed by atoms with E-state index >= 15 is 0 Å². The summed E-state index contributed by atoms with van der Waals surface area (Å²) in [4.78, 5) is 17.8. The Balaban J connectivity index is 1.56. The number of carbonyl (C=O) groups is 1. The Bertz CT molecular complexity index is 774. The largest absolute Gasteiger partial charge is 0.381 e. The highest BCUT2D eigenvalue weighted by Gasteiger charge is 2.32. The Labute approximate surface area is 167 Å². The molecular weight excluding hydrogens is 385 g/mol. The van der Waals surface area contributed by atoms with Crippen LogP contribution in [0.2, 0.25) is 0 Å². The molecule has 0 saturated carbocycles. The predicted molar refractivity (Wildman–Crippen MR) is 109 cm³/mol. The second kappa shape index (κ2) is 9.03. The third kappa shape index (κ3) is 5.43. The number of benzene rings is 1. The first-order valence-corrected chi connectivity index (χ1v) is 10.9. The maximum Gasteiger partial charge on any atom is 0.321 e. The van der Waals surface area contributed by atoms with Crippen molar-refractivity contribution in [3.63, 3.8) is 0 Å². The zero-order chi connectivity index (χ0) is 19.3. The number of anilines is 1. The van der Waals surface area contributed by atoms with E-state index in [9.17, 15) is 9.18 Å². The number of nitrogens with zero attached hydrogens (tertiary/aromatic N) is 1. The number of hydrogen-bond acceptors (Lipinski definition) is 5. The van der Waals surface area contributed by atoms with Gasteiger partial charge in [-0.15, -0.1) is 11.3 Å². The van der Waals surface area contributed by atoms with E-state index in [1.807, 2.05) is 6.92 Å². The summed E-state index contributed by atoms with van der Waals surface area (Å²) in [6.07, 6.45) is 4.62. The molecule has 8 heteroatoms. The molecule has 3 rings (SSSR count). The molecule has 1 aliphatic heterocycles. The molecule has 5 nitrogen and oxygen atoms in total. The highest BCUT2D eigenvalue weighted by Crippen LogP contribution is 2.33. The van der Waals surface area contributed by atoms with Crippen LogP contribution in [0.3, 0.4) is 0 Å². The summed E-state index contributed by atoms with van der Waals surface area (Å²) >= 11 is 3.24. The number of thiazole rings is 1. The minimum absolute atomic E-state index is 0.0438. The van der Waals surface area contributed by atoms with Crippen LogP contribution in [-0.2, 0) is 11.2 Å². The van der Waals surface area contributed by atoms with Gasteiger partial charge in [0.2, 0.25) is 0 Å². The van der Waals surface area contributed by atoms with E-state index in [1.54, 1.807) is 23.9 Å². The first kappa shape index (κ1) is 20.1. The van der Waals surface area contributed by atoms with Crippen LogP contribution in [0.15, 0.2) is 24.3 Å². The summed E-state index contributed by atoms with van der Waals surface area (Å²) < 4.78 is 18.5. The zero-order valence-electron chi connectivity index (χ0n) is 15.5. The lowest BCUT2D eigenvalue weighted by Gasteiger charge is -2.35. The van der Waals surface area contributed by atoms with Crippen molar-refractivity contribution in [2.75, 3.05) is 31.3 Å². The first-order valence-electron chi connectivity index (χ1n) is 8.88. The van der Waals surface area contributed by atoms with Crippen molar-refractivity contribution < 1.29 is 13.9 Å². The normalized spacial score (nSPS) is 16.1. The quantitative estimate of drug-likeness (QED) is 0.750. The van der Waals surface area contributed by atoms with E-state index in [2.05, 4.69) is 21.9 Å². The van der Waals surface area contributed by atoms with Crippen molar-refractivity contribution >= 4 is 34.3 Å². The number of halogens is 1. The van der Waals surface area contributed by atoms with Crippen molar-refractivity contribution in [2.24, 2.45) is 0 Å². The molecule has 1 fully saturated rings. The fourth-order valence-corrected chi connectivity index (χ4v) is 4.80. The van der Waals surface area contributed by atoms with E-state index < -0.39 is 0 Å². The van der Waals surface area contributed by atoms with E-state index in [0.717, 1.165) is 42.2 Å². The standard InChI is InChI=1S/C19H24FN3O2S2/c1-13-16(11-14-3-5-15(20)6-4-14)27-18(22-13)23-17(24)21-12-19(26-2)7-9-25-10-8-19/h3-6H,7-12H2,1-2H3,(H2,21,22,23,24). The summed E-state index contributed by atoms with van der Waals surface area (Å²) in [6.45, 7) is 4.00. The molecule has 2 heterocycles. The molecule has 2 aromatic rings. The van der Waals surface area contributed by atoms with Gasteiger partial charge in [0.05, 0.1) is 5.69 Å². The summed E-state index contributed by atoms with van der Waals surface area (Å²) in [5, 5.41) is 6.39. The van der Waals surface area contributed by atoms with Gasteiger partial charge in [-0.25, -0.2) is 14.2 Å². The maximum absolute atomic E-state index is 13.0. The molecular formula is C19H24FN3O2S2. The van der Waals surface area contributed by atoms with E-state index in [4.69, 9.17) is 4.74 Å². The molecule has 1 aromatic heterocycles. The lowest BCUT2D eigenvalue weighted by Crippen LogP contribution is -2.45. The molecule has 1 aromatic carbocycles. The molecule has 1 aliphatic rings. The zero-order valence-corrected chi connectivity index (χ0v) is 17.1. The van der Waals surface area contributed by atoms with Gasteiger partial charge >= 0.3 is 6.03 Å². The van der Waals surface area contributed by atoms with Crippen LogP contribution in [0.4, 0.5) is 14.3 Å². The molecule has 1 saturated heterocycles. The molecule has 2 N–H and O–H groups in total. The number of thioether (sulfide) groups is 1. The topological polar surface area (TPSA) is 63.2 Å². The summed E-state index contributed by atoms with van der Waals surface area (Å²) in [5.74, 6) is -0.244. The van der Waals surface area contributed by atoms with Gasteiger partial charge in [0.15, 0.2) is 5.13 Å². The maximum atomic E-state index is 13.0. The lowest BCUT2D eigenvalue weighted by atomic mass is 9.99. The fourth-order valence-electron chi connectivity index (χ4n) is 3.01. The van der Waals surface area contributed by atoms with Gasteiger partial charge in [-0.3, -0.25) is 5.32 Å². The Morgan fingerprint density at radius 3 is 2.70 bits per heavy atom. The lowest BCUT2D eigenvalue weighted by molar-refractivity contribution is 0.0778. The number of aromatic nitrogens is 1. The minimum atomic E-state index is -0.244. The summed E-state index contributed by atoms with van der Waals surface area (Å²) in [7, 11) is 0. The SMILES string of the molecule is CSC1(CNC(=O)Nc2nc(C)c(Cc3ccc(F)cc3)s2)CCOCC1. The smallest absolute Gasteiger partial charge is 0.321 e. The highest BCUT2D eigenvalue weighted by atomic mass is 32.2. The molecule has 0 unspecified atom stereocenters. The average molecular weight is 410 g/mol. The van der Waals surface area contributed by atoms with Gasteiger partial charge in [0, 0.05) is 35.8 Å². The van der Waals surface area contributed by atoms with Crippen molar-refractivity contribution in [1.29, 1.82) is 0 Å². The molecule has 0 atom stereocenters. The number of nitrogens with one attached hydrogen (secondary N) is 2. The summed E-state index contributed by atoms with van der Waals surface area (Å²) in [6, 6.07) is 6.21. The van der Waals surface area contributed by atoms with Crippen LogP contribution < -0.4 is 10.6 Å². The Kier molecular flexibility index (Phi) is 6.73. The number of amides is 2. The van der Waals surface area contributed by atoms with Gasteiger partial charge in [-0.05, 0) is 43.7 Å². The van der Waals surface area contributed by atoms with Crippen molar-refractivity contribution in [2.45, 2.75) is 30.9 Å². The molecule has 27 heavy (non-hydrogen) atoms.